The molecule has 0 aliphatic heterocycles. The standard InChI is InChI=1S/C23H20F4N2O4S/c1-14-9-15(2)11-17(10-14)29-34(31,32)19-6-4-18(5-7-19)33-13-22(30)28-16-3-8-21(24)20(12-16)23(25,26)27/h3-12,29H,13H2,1-2H3,(H,28,30). The lowest BCUT2D eigenvalue weighted by molar-refractivity contribution is -0.140. The van der Waals surface area contributed by atoms with Crippen LogP contribution < -0.4 is 14.8 Å². The highest BCUT2D eigenvalue weighted by Gasteiger charge is 2.34. The molecule has 0 heterocycles. The van der Waals surface area contributed by atoms with Gasteiger partial charge >= 0.3 is 6.18 Å². The fraction of sp³-hybridized carbons (Fsp3) is 0.174. The lowest BCUT2D eigenvalue weighted by atomic mass is 10.1. The largest absolute Gasteiger partial charge is 0.484 e. The first-order valence-corrected chi connectivity index (χ1v) is 11.3. The molecule has 180 valence electrons. The lowest BCUT2D eigenvalue weighted by Crippen LogP contribution is -2.21. The molecule has 0 spiro atoms. The molecule has 0 fully saturated rings. The van der Waals surface area contributed by atoms with Gasteiger partial charge < -0.3 is 10.1 Å². The average molecular weight is 496 g/mol. The molecule has 3 aromatic rings. The van der Waals surface area contributed by atoms with E-state index in [1.54, 1.807) is 12.1 Å². The van der Waals surface area contributed by atoms with Gasteiger partial charge in [-0.05, 0) is 79.6 Å². The molecule has 3 rings (SSSR count). The van der Waals surface area contributed by atoms with E-state index in [-0.39, 0.29) is 16.3 Å². The molecule has 0 saturated carbocycles. The summed E-state index contributed by atoms with van der Waals surface area (Å²) in [6.45, 7) is 3.13. The number of sulfonamides is 1. The van der Waals surface area contributed by atoms with Crippen LogP contribution in [0.2, 0.25) is 0 Å². The van der Waals surface area contributed by atoms with Crippen LogP contribution in [0.4, 0.5) is 28.9 Å². The van der Waals surface area contributed by atoms with Gasteiger partial charge in [-0.2, -0.15) is 13.2 Å². The number of hydrogen-bond donors (Lipinski definition) is 2. The van der Waals surface area contributed by atoms with Gasteiger partial charge in [0.25, 0.3) is 15.9 Å². The minimum absolute atomic E-state index is 0.0329. The lowest BCUT2D eigenvalue weighted by Gasteiger charge is -2.12. The number of halogens is 4. The van der Waals surface area contributed by atoms with E-state index in [9.17, 15) is 30.8 Å². The van der Waals surface area contributed by atoms with Crippen LogP contribution in [0, 0.1) is 19.7 Å². The monoisotopic (exact) mass is 496 g/mol. The topological polar surface area (TPSA) is 84.5 Å². The molecule has 3 aromatic carbocycles. The molecule has 0 aliphatic carbocycles. The van der Waals surface area contributed by atoms with Crippen molar-refractivity contribution < 1.29 is 35.5 Å². The van der Waals surface area contributed by atoms with E-state index in [1.807, 2.05) is 19.9 Å². The van der Waals surface area contributed by atoms with E-state index < -0.39 is 40.1 Å². The maximum absolute atomic E-state index is 13.3. The molecule has 0 saturated heterocycles. The summed E-state index contributed by atoms with van der Waals surface area (Å²) >= 11 is 0. The Kier molecular flexibility index (Phi) is 7.15. The minimum atomic E-state index is -4.91. The van der Waals surface area contributed by atoms with Crippen LogP contribution in [0.15, 0.2) is 65.6 Å². The molecule has 0 radical (unpaired) electrons. The summed E-state index contributed by atoms with van der Waals surface area (Å²) in [5, 5.41) is 2.19. The van der Waals surface area contributed by atoms with Crippen LogP contribution in [0.25, 0.3) is 0 Å². The predicted molar refractivity (Wildman–Crippen MR) is 119 cm³/mol. The molecule has 0 bridgehead atoms. The van der Waals surface area contributed by atoms with E-state index in [0.29, 0.717) is 17.8 Å². The number of carbonyl (C=O) groups is 1. The second kappa shape index (κ2) is 9.72. The molecule has 11 heteroatoms. The Labute approximate surface area is 193 Å². The van der Waals surface area contributed by atoms with Crippen molar-refractivity contribution in [2.45, 2.75) is 24.9 Å². The third kappa shape index (κ3) is 6.47. The molecule has 0 atom stereocenters. The Morgan fingerprint density at radius 1 is 0.912 bits per heavy atom. The highest BCUT2D eigenvalue weighted by atomic mass is 32.2. The van der Waals surface area contributed by atoms with Crippen molar-refractivity contribution in [3.8, 4) is 5.75 Å². The third-order valence-corrected chi connectivity index (χ3v) is 5.93. The zero-order valence-corrected chi connectivity index (χ0v) is 18.9. The number of nitrogens with one attached hydrogen (secondary N) is 2. The molecule has 0 unspecified atom stereocenters. The van der Waals surface area contributed by atoms with E-state index in [2.05, 4.69) is 10.0 Å². The average Bonchev–Trinajstić information content (AvgIpc) is 2.72. The Morgan fingerprint density at radius 2 is 1.53 bits per heavy atom. The summed E-state index contributed by atoms with van der Waals surface area (Å²) in [5.41, 5.74) is 0.465. The number of alkyl halides is 3. The molecule has 34 heavy (non-hydrogen) atoms. The quantitative estimate of drug-likeness (QED) is 0.436. The molecule has 1 amide bonds. The summed E-state index contributed by atoms with van der Waals surface area (Å²) in [7, 11) is -3.86. The van der Waals surface area contributed by atoms with Crippen LogP contribution in [-0.4, -0.2) is 20.9 Å². The highest BCUT2D eigenvalue weighted by molar-refractivity contribution is 7.92. The van der Waals surface area contributed by atoms with Gasteiger partial charge in [0.05, 0.1) is 10.5 Å². The zero-order valence-electron chi connectivity index (χ0n) is 18.0. The van der Waals surface area contributed by atoms with Gasteiger partial charge in [-0.15, -0.1) is 0 Å². The minimum Gasteiger partial charge on any atom is -0.484 e. The fourth-order valence-corrected chi connectivity index (χ4v) is 4.17. The number of hydrogen-bond acceptors (Lipinski definition) is 4. The van der Waals surface area contributed by atoms with Crippen LogP contribution in [0.5, 0.6) is 5.75 Å². The normalized spacial score (nSPS) is 11.7. The summed E-state index contributed by atoms with van der Waals surface area (Å²) < 4.78 is 84.7. The SMILES string of the molecule is Cc1cc(C)cc(NS(=O)(=O)c2ccc(OCC(=O)Nc3ccc(F)c(C(F)(F)F)c3)cc2)c1. The number of amides is 1. The number of aryl methyl sites for hydroxylation is 2. The van der Waals surface area contributed by atoms with Gasteiger partial charge in [0.1, 0.15) is 11.6 Å². The second-order valence-corrected chi connectivity index (χ2v) is 9.16. The maximum atomic E-state index is 13.3. The summed E-state index contributed by atoms with van der Waals surface area (Å²) in [5.74, 6) is -2.08. The van der Waals surface area contributed by atoms with Crippen LogP contribution in [-0.2, 0) is 21.0 Å². The smallest absolute Gasteiger partial charge is 0.419 e. The van der Waals surface area contributed by atoms with Crippen molar-refractivity contribution in [1.82, 2.24) is 0 Å². The first-order valence-electron chi connectivity index (χ1n) is 9.84. The van der Waals surface area contributed by atoms with Gasteiger partial charge in [0, 0.05) is 11.4 Å². The first kappa shape index (κ1) is 25.0. The van der Waals surface area contributed by atoms with Crippen molar-refractivity contribution in [2.75, 3.05) is 16.6 Å². The zero-order chi connectivity index (χ0) is 25.1. The van der Waals surface area contributed by atoms with Gasteiger partial charge in [-0.25, -0.2) is 12.8 Å². The Hall–Kier alpha value is -3.60. The van der Waals surface area contributed by atoms with E-state index >= 15 is 0 Å². The number of benzene rings is 3. The number of carbonyl (C=O) groups excluding carboxylic acids is 1. The van der Waals surface area contributed by atoms with Gasteiger partial charge in [-0.1, -0.05) is 6.07 Å². The van der Waals surface area contributed by atoms with Gasteiger partial charge in [0.2, 0.25) is 0 Å². The molecule has 2 N–H and O–H groups in total. The molecule has 0 aromatic heterocycles. The van der Waals surface area contributed by atoms with Gasteiger partial charge in [-0.3, -0.25) is 9.52 Å². The summed E-state index contributed by atoms with van der Waals surface area (Å²) in [6.07, 6.45) is -4.91. The number of anilines is 2. The van der Waals surface area contributed by atoms with Crippen LogP contribution in [0.3, 0.4) is 0 Å². The number of ether oxygens (including phenoxy) is 1. The van der Waals surface area contributed by atoms with Gasteiger partial charge in [0.15, 0.2) is 6.61 Å². The summed E-state index contributed by atoms with van der Waals surface area (Å²) in [6, 6.07) is 12.6. The van der Waals surface area contributed by atoms with Crippen molar-refractivity contribution in [3.63, 3.8) is 0 Å². The van der Waals surface area contributed by atoms with E-state index in [1.165, 1.54) is 24.3 Å². The van der Waals surface area contributed by atoms with Crippen molar-refractivity contribution >= 4 is 27.3 Å². The van der Waals surface area contributed by atoms with Crippen molar-refractivity contribution in [3.05, 3.63) is 83.2 Å². The second-order valence-electron chi connectivity index (χ2n) is 7.48. The van der Waals surface area contributed by atoms with Crippen LogP contribution >= 0.6 is 0 Å². The van der Waals surface area contributed by atoms with E-state index in [4.69, 9.17) is 4.74 Å². The highest BCUT2D eigenvalue weighted by Crippen LogP contribution is 2.33. The van der Waals surface area contributed by atoms with Crippen molar-refractivity contribution in [2.24, 2.45) is 0 Å². The fourth-order valence-electron chi connectivity index (χ4n) is 3.13. The van der Waals surface area contributed by atoms with Crippen molar-refractivity contribution in [1.29, 1.82) is 0 Å². The molecule has 0 aliphatic rings. The predicted octanol–water partition coefficient (Wildman–Crippen LogP) is 5.28. The Morgan fingerprint density at radius 3 is 2.12 bits per heavy atom. The number of rotatable bonds is 7. The molecular weight excluding hydrogens is 476 g/mol. The molecule has 6 nitrogen and oxygen atoms in total. The maximum Gasteiger partial charge on any atom is 0.419 e. The van der Waals surface area contributed by atoms with Crippen LogP contribution in [0.1, 0.15) is 16.7 Å². The Balaban J connectivity index is 1.61. The molecular formula is C23H20F4N2O4S. The summed E-state index contributed by atoms with van der Waals surface area (Å²) in [4.78, 5) is 12.0. The first-order chi connectivity index (χ1) is 15.8. The Bertz CT molecular complexity index is 1290. The van der Waals surface area contributed by atoms with E-state index in [0.717, 1.165) is 17.2 Å². The third-order valence-electron chi connectivity index (χ3n) is 4.53.